The zero-order valence-corrected chi connectivity index (χ0v) is 22.8. The lowest BCUT2D eigenvalue weighted by atomic mass is 10.2. The van der Waals surface area contributed by atoms with Crippen molar-refractivity contribution >= 4 is 46.1 Å². The van der Waals surface area contributed by atoms with Crippen molar-refractivity contribution in [2.45, 2.75) is 21.0 Å². The van der Waals surface area contributed by atoms with E-state index in [0.717, 1.165) is 38.9 Å². The number of carbonyl (C=O) groups is 1. The topological polar surface area (TPSA) is 77.9 Å². The van der Waals surface area contributed by atoms with Crippen molar-refractivity contribution in [3.63, 3.8) is 0 Å². The summed E-state index contributed by atoms with van der Waals surface area (Å²) in [5.41, 5.74) is 0.125. The number of nitrogens with one attached hydrogen (secondary N) is 1. The minimum Gasteiger partial charge on any atom is -0.496 e. The molecule has 8 nitrogen and oxygen atoms in total. The Morgan fingerprint density at radius 3 is 2.64 bits per heavy atom. The van der Waals surface area contributed by atoms with Crippen LogP contribution in [-0.2, 0) is 15.7 Å². The monoisotopic (exact) mass is 630 g/mol. The molecule has 2 atom stereocenters. The number of hydrogen-bond acceptors (Lipinski definition) is 7. The average Bonchev–Trinajstić information content (AvgIpc) is 3.46. The van der Waals surface area contributed by atoms with E-state index in [2.05, 4.69) is 9.82 Å². The average molecular weight is 630 g/mol. The van der Waals surface area contributed by atoms with Crippen molar-refractivity contribution in [3.8, 4) is 11.5 Å². The number of halogens is 3. The summed E-state index contributed by atoms with van der Waals surface area (Å²) in [6.07, 6.45) is 0.416. The molecular formula is C24H25F2IN4O4S. The molecule has 0 spiro atoms. The van der Waals surface area contributed by atoms with E-state index in [4.69, 9.17) is 14.2 Å². The second-order valence-electron chi connectivity index (χ2n) is 8.09. The molecule has 36 heavy (non-hydrogen) atoms. The molecule has 1 fully saturated rings. The fraction of sp³-hybridized carbons (Fsp3) is 0.333. The summed E-state index contributed by atoms with van der Waals surface area (Å²) >= 11 is 2.39. The van der Waals surface area contributed by atoms with E-state index < -0.39 is 27.7 Å². The quantitative estimate of drug-likeness (QED) is 0.204. The van der Waals surface area contributed by atoms with E-state index in [-0.39, 0.29) is 18.7 Å². The van der Waals surface area contributed by atoms with Crippen LogP contribution in [0.5, 0.6) is 11.5 Å². The Kier molecular flexibility index (Phi) is 8.25. The third-order valence-electron chi connectivity index (χ3n) is 5.60. The zero-order valence-electron chi connectivity index (χ0n) is 19.8. The van der Waals surface area contributed by atoms with Crippen molar-refractivity contribution < 1.29 is 27.8 Å². The first-order valence-corrected chi connectivity index (χ1v) is 12.8. The molecule has 0 aliphatic carbocycles. The highest BCUT2D eigenvalue weighted by atomic mass is 127. The Morgan fingerprint density at radius 1 is 1.17 bits per heavy atom. The highest BCUT2D eigenvalue weighted by Crippen LogP contribution is 2.37. The van der Waals surface area contributed by atoms with Crippen molar-refractivity contribution in [3.05, 3.63) is 66.0 Å². The normalized spacial score (nSPS) is 17.8. The van der Waals surface area contributed by atoms with E-state index in [1.54, 1.807) is 7.11 Å². The van der Waals surface area contributed by atoms with Crippen molar-refractivity contribution in [2.24, 2.45) is 7.05 Å². The first-order chi connectivity index (χ1) is 17.2. The van der Waals surface area contributed by atoms with E-state index in [0.29, 0.717) is 5.75 Å². The predicted molar refractivity (Wildman–Crippen MR) is 141 cm³/mol. The molecule has 3 aromatic rings. The van der Waals surface area contributed by atoms with Crippen LogP contribution in [0.25, 0.3) is 0 Å². The zero-order chi connectivity index (χ0) is 25.9. The van der Waals surface area contributed by atoms with Gasteiger partial charge in [0.2, 0.25) is 0 Å². The Balaban J connectivity index is 1.44. The summed E-state index contributed by atoms with van der Waals surface area (Å²) in [7, 11) is 4.66. The van der Waals surface area contributed by atoms with E-state index >= 15 is 0 Å². The summed E-state index contributed by atoms with van der Waals surface area (Å²) in [4.78, 5) is 15.5. The summed E-state index contributed by atoms with van der Waals surface area (Å²) in [5.74, 6) is 0.812. The first kappa shape index (κ1) is 26.5. The van der Waals surface area contributed by atoms with Gasteiger partial charge in [0.25, 0.3) is 5.91 Å². The van der Waals surface area contributed by atoms with Crippen molar-refractivity contribution in [2.75, 3.05) is 32.0 Å². The number of carbonyl (C=O) groups excluding carboxylic acids is 1. The number of alkyl halides is 3. The molecule has 12 heteroatoms. The van der Waals surface area contributed by atoms with Gasteiger partial charge in [-0.1, -0.05) is 18.2 Å². The maximum Gasteiger partial charge on any atom is 0.340 e. The standard InChI is InChI=1S/C24H25F2IN4O4S/c1-30-12-17(22(28-30)24(25,26)27)23(32)31-13-19(34-3)20(14-31)35-16-8-6-7-15(11-16)29-36-21-10-5-4-9-18(21)33-2/h4-12,19-20,29H,13-14H2,1-3H3/t19-,20-/m1/s1. The maximum absolute atomic E-state index is 14.0. The molecule has 1 N–H and O–H groups in total. The molecule has 1 aromatic heterocycles. The van der Waals surface area contributed by atoms with Gasteiger partial charge in [-0.05, 0) is 36.2 Å². The molecular weight excluding hydrogens is 605 g/mol. The van der Waals surface area contributed by atoms with Crippen LogP contribution in [-0.4, -0.2) is 60.1 Å². The molecule has 1 amide bonds. The lowest BCUT2D eigenvalue weighted by Gasteiger charge is -2.19. The summed E-state index contributed by atoms with van der Waals surface area (Å²) in [5, 5.41) is 3.79. The molecule has 0 bridgehead atoms. The van der Waals surface area contributed by atoms with Gasteiger partial charge < -0.3 is 23.8 Å². The number of amides is 1. The number of hydrogen-bond donors (Lipinski definition) is 1. The van der Waals surface area contributed by atoms with Gasteiger partial charge in [0.1, 0.15) is 23.7 Å². The number of aromatic nitrogens is 2. The third-order valence-corrected chi connectivity index (χ3v) is 7.01. The highest BCUT2D eigenvalue weighted by Gasteiger charge is 2.41. The van der Waals surface area contributed by atoms with E-state index in [1.807, 2.05) is 48.5 Å². The molecule has 0 saturated carbocycles. The number of benzene rings is 2. The number of nitrogens with zero attached hydrogens (tertiary/aromatic N) is 3. The van der Waals surface area contributed by atoms with Gasteiger partial charge in [0.15, 0.2) is 5.69 Å². The highest BCUT2D eigenvalue weighted by molar-refractivity contribution is 14.1. The van der Waals surface area contributed by atoms with E-state index in [9.17, 15) is 13.6 Å². The molecule has 1 aliphatic heterocycles. The smallest absolute Gasteiger partial charge is 0.340 e. The summed E-state index contributed by atoms with van der Waals surface area (Å²) in [6.45, 7) is 0.398. The van der Waals surface area contributed by atoms with Gasteiger partial charge in [-0.25, -0.2) is 0 Å². The number of rotatable bonds is 9. The van der Waals surface area contributed by atoms with Crippen LogP contribution in [0.3, 0.4) is 0 Å². The van der Waals surface area contributed by atoms with Gasteiger partial charge in [-0.2, -0.15) is 13.9 Å². The summed E-state index contributed by atoms with van der Waals surface area (Å²) in [6, 6.07) is 15.1. The molecule has 1 aliphatic rings. The lowest BCUT2D eigenvalue weighted by Crippen LogP contribution is -2.32. The Labute approximate surface area is 225 Å². The Hall–Kier alpha value is -2.58. The lowest BCUT2D eigenvalue weighted by molar-refractivity contribution is 0.0340. The number of para-hydroxylation sites is 1. The van der Waals surface area contributed by atoms with Gasteiger partial charge in [0, 0.05) is 54.7 Å². The third kappa shape index (κ3) is 6.03. The number of aryl methyl sites for hydroxylation is 1. The minimum absolute atomic E-state index is 0.132. The van der Waals surface area contributed by atoms with Crippen LogP contribution < -0.4 is 14.2 Å². The van der Waals surface area contributed by atoms with Crippen LogP contribution in [0.1, 0.15) is 16.1 Å². The molecule has 192 valence electrons. The SMILES string of the molecule is COc1ccccc1SNc1cccc(O[C@@H]2CN(C(=O)c3cn(C)nc3C(F)(F)I)C[C@H]2OC)c1. The fourth-order valence-electron chi connectivity index (χ4n) is 3.90. The fourth-order valence-corrected chi connectivity index (χ4v) is 5.05. The Morgan fingerprint density at radius 2 is 1.92 bits per heavy atom. The summed E-state index contributed by atoms with van der Waals surface area (Å²) < 4.78 is 46.4. The molecule has 2 heterocycles. The maximum atomic E-state index is 14.0. The predicted octanol–water partition coefficient (Wildman–Crippen LogP) is 4.95. The minimum atomic E-state index is -3.27. The Bertz CT molecular complexity index is 1220. The number of likely N-dealkylation sites (tertiary alicyclic amines) is 1. The van der Waals surface area contributed by atoms with E-state index in [1.165, 1.54) is 41.9 Å². The van der Waals surface area contributed by atoms with Crippen LogP contribution in [0.4, 0.5) is 14.5 Å². The number of ether oxygens (including phenoxy) is 3. The van der Waals surface area contributed by atoms with Crippen LogP contribution in [0.2, 0.25) is 0 Å². The number of methoxy groups -OCH3 is 2. The van der Waals surface area contributed by atoms with Gasteiger partial charge in [0.05, 0.1) is 30.7 Å². The van der Waals surface area contributed by atoms with Gasteiger partial charge in [-0.15, -0.1) is 0 Å². The van der Waals surface area contributed by atoms with Crippen molar-refractivity contribution in [1.29, 1.82) is 0 Å². The second kappa shape index (κ2) is 11.2. The molecule has 1 saturated heterocycles. The molecule has 4 rings (SSSR count). The van der Waals surface area contributed by atoms with Crippen LogP contribution in [0.15, 0.2) is 59.6 Å². The van der Waals surface area contributed by atoms with Gasteiger partial charge >= 0.3 is 3.93 Å². The second-order valence-corrected chi connectivity index (χ2v) is 10.3. The number of anilines is 1. The van der Waals surface area contributed by atoms with Gasteiger partial charge in [-0.3, -0.25) is 9.48 Å². The van der Waals surface area contributed by atoms with Crippen LogP contribution in [0, 0.1) is 0 Å². The van der Waals surface area contributed by atoms with Crippen molar-refractivity contribution in [1.82, 2.24) is 14.7 Å². The molecule has 0 unspecified atom stereocenters. The first-order valence-electron chi connectivity index (χ1n) is 10.9. The molecule has 2 aromatic carbocycles. The molecule has 0 radical (unpaired) electrons. The largest absolute Gasteiger partial charge is 0.496 e. The van der Waals surface area contributed by atoms with Crippen LogP contribution >= 0.6 is 34.5 Å².